The molecule has 0 bridgehead atoms. The highest BCUT2D eigenvalue weighted by atomic mass is 35.5. The Kier molecular flexibility index (Phi) is 4.24. The molecule has 0 aliphatic carbocycles. The number of nitrogens with one attached hydrogen (secondary N) is 1. The van der Waals surface area contributed by atoms with Crippen LogP contribution in [0, 0.1) is 11.3 Å². The second-order valence-electron chi connectivity index (χ2n) is 4.14. The van der Waals surface area contributed by atoms with E-state index in [0.29, 0.717) is 16.6 Å². The zero-order valence-corrected chi connectivity index (χ0v) is 11.6. The Bertz CT molecular complexity index is 558. The molecule has 0 aliphatic heterocycles. The second kappa shape index (κ2) is 5.90. The van der Waals surface area contributed by atoms with Crippen molar-refractivity contribution in [3.63, 3.8) is 0 Å². The van der Waals surface area contributed by atoms with Crippen LogP contribution in [-0.4, -0.2) is 6.04 Å². The van der Waals surface area contributed by atoms with Crippen molar-refractivity contribution >= 4 is 28.6 Å². The van der Waals surface area contributed by atoms with E-state index >= 15 is 0 Å². The Morgan fingerprint density at radius 3 is 2.89 bits per heavy atom. The van der Waals surface area contributed by atoms with Gasteiger partial charge in [0.1, 0.15) is 6.07 Å². The SMILES string of the molecule is CC(Cc1cccs1)Nc1ccc(C#N)c(Cl)c1. The number of hydrogen-bond acceptors (Lipinski definition) is 3. The van der Waals surface area contributed by atoms with E-state index < -0.39 is 0 Å². The van der Waals surface area contributed by atoms with Crippen molar-refractivity contribution in [2.45, 2.75) is 19.4 Å². The quantitative estimate of drug-likeness (QED) is 0.903. The lowest BCUT2D eigenvalue weighted by molar-refractivity contribution is 0.800. The van der Waals surface area contributed by atoms with Crippen LogP contribution < -0.4 is 5.32 Å². The molecule has 1 aromatic carbocycles. The summed E-state index contributed by atoms with van der Waals surface area (Å²) in [5.74, 6) is 0. The Morgan fingerprint density at radius 1 is 1.44 bits per heavy atom. The number of halogens is 1. The van der Waals surface area contributed by atoms with Gasteiger partial charge in [-0.2, -0.15) is 5.26 Å². The van der Waals surface area contributed by atoms with E-state index in [-0.39, 0.29) is 0 Å². The van der Waals surface area contributed by atoms with Crippen molar-refractivity contribution in [3.05, 3.63) is 51.2 Å². The van der Waals surface area contributed by atoms with Gasteiger partial charge < -0.3 is 5.32 Å². The zero-order valence-electron chi connectivity index (χ0n) is 9.98. The lowest BCUT2D eigenvalue weighted by Crippen LogP contribution is -2.17. The maximum Gasteiger partial charge on any atom is 0.101 e. The topological polar surface area (TPSA) is 35.8 Å². The van der Waals surface area contributed by atoms with Crippen LogP contribution in [0.4, 0.5) is 5.69 Å². The van der Waals surface area contributed by atoms with Gasteiger partial charge in [0.15, 0.2) is 0 Å². The number of rotatable bonds is 4. The molecule has 0 radical (unpaired) electrons. The van der Waals surface area contributed by atoms with Crippen LogP contribution in [0.15, 0.2) is 35.7 Å². The van der Waals surface area contributed by atoms with Gasteiger partial charge in [-0.1, -0.05) is 17.7 Å². The third kappa shape index (κ3) is 3.25. The van der Waals surface area contributed by atoms with E-state index in [1.807, 2.05) is 6.07 Å². The molecular formula is C14H13ClN2S. The minimum atomic E-state index is 0.327. The number of thiophene rings is 1. The lowest BCUT2D eigenvalue weighted by atomic mass is 10.1. The fourth-order valence-corrected chi connectivity index (χ4v) is 2.82. The van der Waals surface area contributed by atoms with Crippen molar-refractivity contribution in [1.82, 2.24) is 0 Å². The van der Waals surface area contributed by atoms with E-state index in [1.165, 1.54) is 4.88 Å². The largest absolute Gasteiger partial charge is 0.382 e. The van der Waals surface area contributed by atoms with Gasteiger partial charge in [-0.3, -0.25) is 0 Å². The number of benzene rings is 1. The van der Waals surface area contributed by atoms with Gasteiger partial charge in [0.05, 0.1) is 10.6 Å². The van der Waals surface area contributed by atoms with Crippen molar-refractivity contribution in [3.8, 4) is 6.07 Å². The zero-order chi connectivity index (χ0) is 13.0. The summed E-state index contributed by atoms with van der Waals surface area (Å²) < 4.78 is 0. The molecule has 2 aromatic rings. The van der Waals surface area contributed by atoms with Gasteiger partial charge in [0, 0.05) is 23.0 Å². The van der Waals surface area contributed by atoms with Crippen LogP contribution in [0.3, 0.4) is 0 Å². The maximum absolute atomic E-state index is 8.81. The molecule has 1 N–H and O–H groups in total. The number of nitriles is 1. The maximum atomic E-state index is 8.81. The smallest absolute Gasteiger partial charge is 0.101 e. The summed E-state index contributed by atoms with van der Waals surface area (Å²) in [6, 6.07) is 12.0. The third-order valence-electron chi connectivity index (χ3n) is 2.59. The predicted octanol–water partition coefficient (Wildman–Crippen LogP) is 4.32. The highest BCUT2D eigenvalue weighted by Gasteiger charge is 2.06. The van der Waals surface area contributed by atoms with Gasteiger partial charge in [-0.05, 0) is 36.6 Å². The van der Waals surface area contributed by atoms with E-state index in [9.17, 15) is 0 Å². The number of anilines is 1. The van der Waals surface area contributed by atoms with Crippen molar-refractivity contribution in [2.24, 2.45) is 0 Å². The molecule has 4 heteroatoms. The standard InChI is InChI=1S/C14H13ClN2S/c1-10(7-13-3-2-6-18-13)17-12-5-4-11(9-16)14(15)8-12/h2-6,8,10,17H,7H2,1H3. The molecule has 0 spiro atoms. The molecule has 1 aromatic heterocycles. The number of hydrogen-bond donors (Lipinski definition) is 1. The monoisotopic (exact) mass is 276 g/mol. The van der Waals surface area contributed by atoms with E-state index in [0.717, 1.165) is 12.1 Å². The molecule has 92 valence electrons. The first-order valence-electron chi connectivity index (χ1n) is 5.67. The Labute approximate surface area is 116 Å². The first-order chi connectivity index (χ1) is 8.69. The molecule has 2 rings (SSSR count). The first-order valence-corrected chi connectivity index (χ1v) is 6.93. The van der Waals surface area contributed by atoms with Gasteiger partial charge in [-0.25, -0.2) is 0 Å². The summed E-state index contributed by atoms with van der Waals surface area (Å²) in [5.41, 5.74) is 1.45. The van der Waals surface area contributed by atoms with Crippen molar-refractivity contribution in [2.75, 3.05) is 5.32 Å². The van der Waals surface area contributed by atoms with Gasteiger partial charge in [0.2, 0.25) is 0 Å². The fraction of sp³-hybridized carbons (Fsp3) is 0.214. The summed E-state index contributed by atoms with van der Waals surface area (Å²) in [5, 5.41) is 14.8. The fourth-order valence-electron chi connectivity index (χ4n) is 1.76. The Balaban J connectivity index is 2.01. The molecule has 1 unspecified atom stereocenters. The Morgan fingerprint density at radius 2 is 2.28 bits per heavy atom. The van der Waals surface area contributed by atoms with E-state index in [1.54, 1.807) is 23.5 Å². The van der Waals surface area contributed by atoms with Crippen LogP contribution in [0.2, 0.25) is 5.02 Å². The van der Waals surface area contributed by atoms with E-state index in [4.69, 9.17) is 16.9 Å². The van der Waals surface area contributed by atoms with E-state index in [2.05, 4.69) is 35.8 Å². The minimum absolute atomic E-state index is 0.327. The summed E-state index contributed by atoms with van der Waals surface area (Å²) >= 11 is 7.76. The first kappa shape index (κ1) is 12.9. The highest BCUT2D eigenvalue weighted by Crippen LogP contribution is 2.21. The van der Waals surface area contributed by atoms with Crippen LogP contribution in [0.1, 0.15) is 17.4 Å². The van der Waals surface area contributed by atoms with Gasteiger partial charge in [0.25, 0.3) is 0 Å². The van der Waals surface area contributed by atoms with Gasteiger partial charge >= 0.3 is 0 Å². The van der Waals surface area contributed by atoms with Crippen LogP contribution in [0.5, 0.6) is 0 Å². The molecule has 0 fully saturated rings. The molecular weight excluding hydrogens is 264 g/mol. The molecule has 2 nitrogen and oxygen atoms in total. The Hall–Kier alpha value is -1.50. The summed E-state index contributed by atoms with van der Waals surface area (Å²) in [7, 11) is 0. The molecule has 1 atom stereocenters. The minimum Gasteiger partial charge on any atom is -0.382 e. The third-order valence-corrected chi connectivity index (χ3v) is 3.80. The summed E-state index contributed by atoms with van der Waals surface area (Å²) in [6.45, 7) is 2.13. The van der Waals surface area contributed by atoms with Crippen molar-refractivity contribution < 1.29 is 0 Å². The average Bonchev–Trinajstić information content (AvgIpc) is 2.82. The van der Waals surface area contributed by atoms with Crippen LogP contribution >= 0.6 is 22.9 Å². The average molecular weight is 277 g/mol. The lowest BCUT2D eigenvalue weighted by Gasteiger charge is -2.14. The molecule has 0 aliphatic rings. The second-order valence-corrected chi connectivity index (χ2v) is 5.57. The van der Waals surface area contributed by atoms with Crippen LogP contribution in [0.25, 0.3) is 0 Å². The molecule has 0 saturated heterocycles. The molecule has 0 saturated carbocycles. The van der Waals surface area contributed by atoms with Gasteiger partial charge in [-0.15, -0.1) is 11.3 Å². The molecule has 1 heterocycles. The van der Waals surface area contributed by atoms with Crippen molar-refractivity contribution in [1.29, 1.82) is 5.26 Å². The summed E-state index contributed by atoms with van der Waals surface area (Å²) in [6.07, 6.45) is 0.981. The molecule has 0 amide bonds. The highest BCUT2D eigenvalue weighted by molar-refractivity contribution is 7.09. The predicted molar refractivity (Wildman–Crippen MR) is 77.3 cm³/mol. The molecule has 18 heavy (non-hydrogen) atoms. The number of nitrogens with zero attached hydrogens (tertiary/aromatic N) is 1. The summed E-state index contributed by atoms with van der Waals surface area (Å²) in [4.78, 5) is 1.36. The normalized spacial score (nSPS) is 11.8. The van der Waals surface area contributed by atoms with Crippen LogP contribution in [-0.2, 0) is 6.42 Å².